The molecule has 0 bridgehead atoms. The van der Waals surface area contributed by atoms with Gasteiger partial charge >= 0.3 is 0 Å². The maximum absolute atomic E-state index is 13.2. The Kier molecular flexibility index (Phi) is 4.83. The highest BCUT2D eigenvalue weighted by atomic mass is 32.2. The minimum atomic E-state index is -0.240. The number of halogens is 1. The first kappa shape index (κ1) is 17.0. The van der Waals surface area contributed by atoms with Crippen LogP contribution in [0.1, 0.15) is 11.3 Å². The lowest BCUT2D eigenvalue weighted by molar-refractivity contribution is -0.159. The molecule has 0 saturated heterocycles. The zero-order valence-electron chi connectivity index (χ0n) is 14.0. The minimum absolute atomic E-state index is 0.0351. The molecule has 0 amide bonds. The summed E-state index contributed by atoms with van der Waals surface area (Å²) in [6.07, 6.45) is 7.63. The van der Waals surface area contributed by atoms with Crippen molar-refractivity contribution < 1.29 is 18.0 Å². The molecule has 134 valence electrons. The Hall–Kier alpha value is -2.48. The molecule has 2 aliphatic heterocycles. The number of hydrogen-bond acceptors (Lipinski definition) is 6. The molecule has 1 N–H and O–H groups in total. The highest BCUT2D eigenvalue weighted by Crippen LogP contribution is 2.37. The number of fused-ring (bicyclic) bond motifs is 1. The number of hydrogen-bond donors (Lipinski definition) is 1. The van der Waals surface area contributed by atoms with Gasteiger partial charge in [-0.1, -0.05) is 12.1 Å². The van der Waals surface area contributed by atoms with Crippen LogP contribution in [-0.4, -0.2) is 18.2 Å². The molecule has 1 aromatic carbocycles. The van der Waals surface area contributed by atoms with Crippen LogP contribution in [0.2, 0.25) is 0 Å². The lowest BCUT2D eigenvalue weighted by Crippen LogP contribution is -2.40. The van der Waals surface area contributed by atoms with E-state index in [-0.39, 0.29) is 12.0 Å². The summed E-state index contributed by atoms with van der Waals surface area (Å²) in [5.41, 5.74) is 3.07. The van der Waals surface area contributed by atoms with Crippen molar-refractivity contribution in [1.82, 2.24) is 10.2 Å². The van der Waals surface area contributed by atoms with Crippen molar-refractivity contribution >= 4 is 17.7 Å². The molecule has 0 saturated carbocycles. The van der Waals surface area contributed by atoms with E-state index in [0.717, 1.165) is 39.5 Å². The Labute approximate surface area is 154 Å². The average molecular weight is 372 g/mol. The average Bonchev–Trinajstić information content (AvgIpc) is 3.30. The molecular formula is C19H17FN2O3S. The van der Waals surface area contributed by atoms with Crippen molar-refractivity contribution in [2.75, 3.05) is 7.11 Å². The van der Waals surface area contributed by atoms with Gasteiger partial charge in [0.25, 0.3) is 0 Å². The van der Waals surface area contributed by atoms with E-state index in [1.54, 1.807) is 18.4 Å². The van der Waals surface area contributed by atoms with Gasteiger partial charge in [-0.3, -0.25) is 0 Å². The summed E-state index contributed by atoms with van der Waals surface area (Å²) >= 11 is 1.14. The number of benzene rings is 1. The van der Waals surface area contributed by atoms with Gasteiger partial charge in [0.15, 0.2) is 0 Å². The van der Waals surface area contributed by atoms with Crippen LogP contribution < -0.4 is 5.32 Å². The number of nitrogens with one attached hydrogen (secondary N) is 1. The van der Waals surface area contributed by atoms with Gasteiger partial charge in [0.1, 0.15) is 17.7 Å². The lowest BCUT2D eigenvalue weighted by Gasteiger charge is -2.31. The van der Waals surface area contributed by atoms with Gasteiger partial charge in [-0.05, 0) is 47.6 Å². The van der Waals surface area contributed by atoms with E-state index in [1.165, 1.54) is 19.2 Å². The molecule has 1 aromatic heterocycles. The van der Waals surface area contributed by atoms with Crippen LogP contribution in [0, 0.1) is 5.82 Å². The van der Waals surface area contributed by atoms with Crippen LogP contribution in [-0.2, 0) is 15.8 Å². The molecule has 4 rings (SSSR count). The second kappa shape index (κ2) is 7.41. The number of rotatable bonds is 6. The maximum atomic E-state index is 13.2. The van der Waals surface area contributed by atoms with Gasteiger partial charge in [-0.2, -0.15) is 4.33 Å². The SMILES string of the molecule is COOSC1=CNC2C(=C1)C=C(c1ccco1)N2Cc1ccc(F)cc1. The van der Waals surface area contributed by atoms with E-state index in [1.807, 2.05) is 24.4 Å². The molecule has 3 heterocycles. The van der Waals surface area contributed by atoms with E-state index in [4.69, 9.17) is 8.75 Å². The van der Waals surface area contributed by atoms with Crippen LogP contribution in [0.15, 0.2) is 75.9 Å². The second-order valence-electron chi connectivity index (χ2n) is 5.84. The van der Waals surface area contributed by atoms with E-state index < -0.39 is 0 Å². The molecule has 26 heavy (non-hydrogen) atoms. The molecule has 7 heteroatoms. The van der Waals surface area contributed by atoms with E-state index in [2.05, 4.69) is 21.2 Å². The minimum Gasteiger partial charge on any atom is -0.463 e. The van der Waals surface area contributed by atoms with Crippen LogP contribution in [0.25, 0.3) is 5.70 Å². The maximum Gasteiger partial charge on any atom is 0.150 e. The largest absolute Gasteiger partial charge is 0.463 e. The normalized spacial score (nSPS) is 18.8. The summed E-state index contributed by atoms with van der Waals surface area (Å²) < 4.78 is 23.8. The third-order valence-electron chi connectivity index (χ3n) is 4.17. The summed E-state index contributed by atoms with van der Waals surface area (Å²) in [6, 6.07) is 10.3. The number of furan rings is 1. The zero-order chi connectivity index (χ0) is 17.9. The molecule has 2 aliphatic rings. The molecule has 0 spiro atoms. The van der Waals surface area contributed by atoms with Crippen molar-refractivity contribution in [3.63, 3.8) is 0 Å². The fourth-order valence-electron chi connectivity index (χ4n) is 3.03. The Balaban J connectivity index is 1.62. The van der Waals surface area contributed by atoms with Gasteiger partial charge in [-0.25, -0.2) is 9.28 Å². The smallest absolute Gasteiger partial charge is 0.150 e. The number of dihydropyridines is 1. The fourth-order valence-corrected chi connectivity index (χ4v) is 3.48. The summed E-state index contributed by atoms with van der Waals surface area (Å²) in [6.45, 7) is 0.618. The van der Waals surface area contributed by atoms with E-state index in [0.29, 0.717) is 6.54 Å². The fraction of sp³-hybridized carbons (Fsp3) is 0.158. The monoisotopic (exact) mass is 372 g/mol. The summed E-state index contributed by atoms with van der Waals surface area (Å²) in [5, 5.41) is 3.39. The highest BCUT2D eigenvalue weighted by molar-refractivity contribution is 7.98. The highest BCUT2D eigenvalue weighted by Gasteiger charge is 2.33. The first-order valence-corrected chi connectivity index (χ1v) is 8.80. The van der Waals surface area contributed by atoms with Crippen molar-refractivity contribution in [3.05, 3.63) is 88.6 Å². The molecule has 5 nitrogen and oxygen atoms in total. The second-order valence-corrected chi connectivity index (χ2v) is 6.61. The molecule has 1 atom stereocenters. The Morgan fingerprint density at radius 2 is 2.08 bits per heavy atom. The predicted molar refractivity (Wildman–Crippen MR) is 97.4 cm³/mol. The van der Waals surface area contributed by atoms with Crippen molar-refractivity contribution in [3.8, 4) is 0 Å². The van der Waals surface area contributed by atoms with Crippen LogP contribution in [0.4, 0.5) is 4.39 Å². The molecule has 2 aromatic rings. The van der Waals surface area contributed by atoms with Gasteiger partial charge in [0.2, 0.25) is 0 Å². The van der Waals surface area contributed by atoms with Crippen molar-refractivity contribution in [2.45, 2.75) is 12.7 Å². The quantitative estimate of drug-likeness (QED) is 0.466. The van der Waals surface area contributed by atoms with Crippen molar-refractivity contribution in [1.29, 1.82) is 0 Å². The summed E-state index contributed by atoms with van der Waals surface area (Å²) in [5.74, 6) is 0.544. The molecule has 1 unspecified atom stereocenters. The molecule has 0 radical (unpaired) electrons. The number of allylic oxidation sites excluding steroid dienone is 1. The molecular weight excluding hydrogens is 355 g/mol. The van der Waals surface area contributed by atoms with Crippen LogP contribution >= 0.6 is 12.0 Å². The Morgan fingerprint density at radius 3 is 2.81 bits per heavy atom. The van der Waals surface area contributed by atoms with E-state index >= 15 is 0 Å². The third kappa shape index (κ3) is 3.41. The third-order valence-corrected chi connectivity index (χ3v) is 4.80. The first-order valence-electron chi connectivity index (χ1n) is 8.06. The first-order chi connectivity index (χ1) is 12.7. The zero-order valence-corrected chi connectivity index (χ0v) is 14.8. The summed E-state index contributed by atoms with van der Waals surface area (Å²) in [4.78, 5) is 7.73. The van der Waals surface area contributed by atoms with Gasteiger partial charge in [0, 0.05) is 12.7 Å². The van der Waals surface area contributed by atoms with Gasteiger partial charge in [0.05, 0.1) is 36.0 Å². The van der Waals surface area contributed by atoms with Gasteiger partial charge < -0.3 is 14.6 Å². The molecule has 0 fully saturated rings. The predicted octanol–water partition coefficient (Wildman–Crippen LogP) is 4.20. The van der Waals surface area contributed by atoms with Gasteiger partial charge in [-0.15, -0.1) is 0 Å². The van der Waals surface area contributed by atoms with Crippen LogP contribution in [0.5, 0.6) is 0 Å². The Bertz CT molecular complexity index is 859. The lowest BCUT2D eigenvalue weighted by atomic mass is 10.1. The Morgan fingerprint density at radius 1 is 1.23 bits per heavy atom. The van der Waals surface area contributed by atoms with E-state index in [9.17, 15) is 4.39 Å². The topological polar surface area (TPSA) is 46.9 Å². The van der Waals surface area contributed by atoms with Crippen LogP contribution in [0.3, 0.4) is 0 Å². The van der Waals surface area contributed by atoms with Crippen molar-refractivity contribution in [2.24, 2.45) is 0 Å². The number of nitrogens with zero attached hydrogens (tertiary/aromatic N) is 1. The standard InChI is InChI=1S/C19H17FN2O3S/c1-23-25-26-16-9-14-10-17(18-3-2-8-24-18)22(19(14)21-11-16)12-13-4-6-15(20)7-5-13/h2-11,19,21H,12H2,1H3. The molecule has 0 aliphatic carbocycles. The summed E-state index contributed by atoms with van der Waals surface area (Å²) in [7, 11) is 1.47.